The molecule has 4 nitrogen and oxygen atoms in total. The fraction of sp³-hybridized carbons (Fsp3) is 0. The molecule has 0 saturated heterocycles. The summed E-state index contributed by atoms with van der Waals surface area (Å²) < 4.78 is 6.65. The normalized spacial score (nSPS) is 11.4. The van der Waals surface area contributed by atoms with Crippen LogP contribution in [0, 0.1) is 0 Å². The maximum absolute atomic E-state index is 9.84. The van der Waals surface area contributed by atoms with Gasteiger partial charge < -0.3 is 9.52 Å². The molecule has 1 heterocycles. The summed E-state index contributed by atoms with van der Waals surface area (Å²) in [6.45, 7) is 0. The number of aliphatic imine (C=N–C) groups is 1. The van der Waals surface area contributed by atoms with Gasteiger partial charge in [0.15, 0.2) is 5.58 Å². The standard InChI is InChI=1S/C20H13BrN2O2/c21-15-7-10-18(24)14(11-15)12-22-16-8-5-13(6-9-16)20-23-17-3-1-2-4-19(17)25-20/h1-12,24H. The predicted octanol–water partition coefficient (Wildman–Crippen LogP) is 5.71. The molecular weight excluding hydrogens is 380 g/mol. The van der Waals surface area contributed by atoms with E-state index in [0.29, 0.717) is 11.5 Å². The van der Waals surface area contributed by atoms with Gasteiger partial charge in [-0.25, -0.2) is 4.98 Å². The fourth-order valence-electron chi connectivity index (χ4n) is 2.46. The highest BCUT2D eigenvalue weighted by atomic mass is 79.9. The summed E-state index contributed by atoms with van der Waals surface area (Å²) in [5.74, 6) is 0.774. The van der Waals surface area contributed by atoms with Gasteiger partial charge in [-0.3, -0.25) is 4.99 Å². The number of phenols is 1. The van der Waals surface area contributed by atoms with E-state index in [2.05, 4.69) is 25.9 Å². The summed E-state index contributed by atoms with van der Waals surface area (Å²) >= 11 is 3.38. The van der Waals surface area contributed by atoms with Crippen LogP contribution in [0.3, 0.4) is 0 Å². The third-order valence-electron chi connectivity index (χ3n) is 3.75. The summed E-state index contributed by atoms with van der Waals surface area (Å²) in [5, 5.41) is 9.84. The van der Waals surface area contributed by atoms with Crippen LogP contribution >= 0.6 is 15.9 Å². The van der Waals surface area contributed by atoms with Gasteiger partial charge in [0.1, 0.15) is 11.3 Å². The highest BCUT2D eigenvalue weighted by molar-refractivity contribution is 9.10. The van der Waals surface area contributed by atoms with Crippen molar-refractivity contribution in [3.63, 3.8) is 0 Å². The lowest BCUT2D eigenvalue weighted by molar-refractivity contribution is 0.474. The van der Waals surface area contributed by atoms with E-state index >= 15 is 0 Å². The van der Waals surface area contributed by atoms with E-state index in [9.17, 15) is 5.11 Å². The van der Waals surface area contributed by atoms with Gasteiger partial charge in [0.05, 0.1) is 5.69 Å². The van der Waals surface area contributed by atoms with Crippen molar-refractivity contribution < 1.29 is 9.52 Å². The SMILES string of the molecule is Oc1ccc(Br)cc1C=Nc1ccc(-c2nc3ccccc3o2)cc1. The second-order valence-electron chi connectivity index (χ2n) is 5.49. The molecule has 0 fully saturated rings. The first-order valence-electron chi connectivity index (χ1n) is 7.68. The molecule has 0 aliphatic heterocycles. The fourth-order valence-corrected chi connectivity index (χ4v) is 2.84. The molecule has 4 rings (SSSR count). The molecule has 0 unspecified atom stereocenters. The number of oxazole rings is 1. The minimum atomic E-state index is 0.190. The molecule has 25 heavy (non-hydrogen) atoms. The van der Waals surface area contributed by atoms with Crippen LogP contribution in [-0.2, 0) is 0 Å². The zero-order chi connectivity index (χ0) is 17.2. The van der Waals surface area contributed by atoms with E-state index in [0.717, 1.165) is 26.8 Å². The summed E-state index contributed by atoms with van der Waals surface area (Å²) in [7, 11) is 0. The van der Waals surface area contributed by atoms with Crippen LogP contribution < -0.4 is 0 Å². The molecule has 3 aromatic carbocycles. The highest BCUT2D eigenvalue weighted by Gasteiger charge is 2.07. The molecule has 0 aliphatic rings. The molecule has 0 aliphatic carbocycles. The molecule has 1 N–H and O–H groups in total. The second kappa shape index (κ2) is 6.53. The largest absolute Gasteiger partial charge is 0.507 e. The summed E-state index contributed by atoms with van der Waals surface area (Å²) in [6.07, 6.45) is 1.63. The van der Waals surface area contributed by atoms with Crippen molar-refractivity contribution in [1.29, 1.82) is 0 Å². The number of fused-ring (bicyclic) bond motifs is 1. The van der Waals surface area contributed by atoms with Crippen molar-refractivity contribution in [2.45, 2.75) is 0 Å². The Hall–Kier alpha value is -2.92. The lowest BCUT2D eigenvalue weighted by atomic mass is 10.2. The van der Waals surface area contributed by atoms with Crippen molar-refractivity contribution in [2.75, 3.05) is 0 Å². The summed E-state index contributed by atoms with van der Waals surface area (Å²) in [6, 6.07) is 20.5. The topological polar surface area (TPSA) is 58.6 Å². The van der Waals surface area contributed by atoms with Crippen LogP contribution in [0.15, 0.2) is 80.6 Å². The van der Waals surface area contributed by atoms with Crippen LogP contribution in [0.2, 0.25) is 0 Å². The molecule has 0 atom stereocenters. The van der Waals surface area contributed by atoms with E-state index in [1.807, 2.05) is 54.6 Å². The van der Waals surface area contributed by atoms with Gasteiger partial charge in [0.2, 0.25) is 5.89 Å². The first-order chi connectivity index (χ1) is 12.2. The Bertz CT molecular complexity index is 1040. The Balaban J connectivity index is 1.59. The van der Waals surface area contributed by atoms with Crippen LogP contribution in [0.25, 0.3) is 22.6 Å². The summed E-state index contributed by atoms with van der Waals surface area (Å²) in [4.78, 5) is 8.88. The first-order valence-corrected chi connectivity index (χ1v) is 8.47. The van der Waals surface area contributed by atoms with E-state index in [4.69, 9.17) is 4.42 Å². The van der Waals surface area contributed by atoms with Gasteiger partial charge in [-0.2, -0.15) is 0 Å². The van der Waals surface area contributed by atoms with Gasteiger partial charge in [-0.15, -0.1) is 0 Å². The molecule has 1 aromatic heterocycles. The molecule has 122 valence electrons. The molecule has 0 spiro atoms. The number of benzene rings is 3. The number of hydrogen-bond donors (Lipinski definition) is 1. The minimum Gasteiger partial charge on any atom is -0.507 e. The average Bonchev–Trinajstić information content (AvgIpc) is 3.07. The Labute approximate surface area is 152 Å². The zero-order valence-corrected chi connectivity index (χ0v) is 14.6. The van der Waals surface area contributed by atoms with Crippen LogP contribution in [0.4, 0.5) is 5.69 Å². The van der Waals surface area contributed by atoms with Crippen molar-refractivity contribution in [3.8, 4) is 17.2 Å². The third-order valence-corrected chi connectivity index (χ3v) is 4.24. The van der Waals surface area contributed by atoms with Crippen molar-refractivity contribution in [3.05, 3.63) is 76.8 Å². The molecular formula is C20H13BrN2O2. The Kier molecular flexibility index (Phi) is 4.07. The molecule has 4 aromatic rings. The zero-order valence-electron chi connectivity index (χ0n) is 13.1. The molecule has 0 radical (unpaired) electrons. The highest BCUT2D eigenvalue weighted by Crippen LogP contribution is 2.26. The Morgan fingerprint density at radius 1 is 1.00 bits per heavy atom. The predicted molar refractivity (Wildman–Crippen MR) is 103 cm³/mol. The van der Waals surface area contributed by atoms with Crippen LogP contribution in [0.5, 0.6) is 5.75 Å². The number of hydrogen-bond acceptors (Lipinski definition) is 4. The molecule has 0 saturated carbocycles. The smallest absolute Gasteiger partial charge is 0.227 e. The number of rotatable bonds is 3. The number of aromatic hydroxyl groups is 1. The lowest BCUT2D eigenvalue weighted by Gasteiger charge is -2.00. The molecule has 0 amide bonds. The number of aromatic nitrogens is 1. The van der Waals surface area contributed by atoms with Gasteiger partial charge in [-0.1, -0.05) is 28.1 Å². The summed E-state index contributed by atoms with van der Waals surface area (Å²) in [5.41, 5.74) is 3.92. The van der Waals surface area contributed by atoms with Crippen molar-refractivity contribution >= 4 is 38.9 Å². The Morgan fingerprint density at radius 2 is 1.80 bits per heavy atom. The maximum Gasteiger partial charge on any atom is 0.227 e. The Morgan fingerprint density at radius 3 is 2.60 bits per heavy atom. The number of phenolic OH excluding ortho intramolecular Hbond substituents is 1. The first kappa shape index (κ1) is 15.6. The lowest BCUT2D eigenvalue weighted by Crippen LogP contribution is -1.82. The maximum atomic E-state index is 9.84. The quantitative estimate of drug-likeness (QED) is 0.454. The van der Waals surface area contributed by atoms with E-state index in [1.165, 1.54) is 0 Å². The van der Waals surface area contributed by atoms with Gasteiger partial charge >= 0.3 is 0 Å². The van der Waals surface area contributed by atoms with E-state index in [1.54, 1.807) is 18.3 Å². The van der Waals surface area contributed by atoms with Gasteiger partial charge in [-0.05, 0) is 54.6 Å². The third kappa shape index (κ3) is 3.32. The van der Waals surface area contributed by atoms with E-state index in [-0.39, 0.29) is 5.75 Å². The van der Waals surface area contributed by atoms with Gasteiger partial charge in [0.25, 0.3) is 0 Å². The van der Waals surface area contributed by atoms with Crippen LogP contribution in [0.1, 0.15) is 5.56 Å². The molecule has 0 bridgehead atoms. The number of halogens is 1. The van der Waals surface area contributed by atoms with Crippen LogP contribution in [-0.4, -0.2) is 16.3 Å². The monoisotopic (exact) mass is 392 g/mol. The molecule has 5 heteroatoms. The minimum absolute atomic E-state index is 0.190. The van der Waals surface area contributed by atoms with Crippen molar-refractivity contribution in [2.24, 2.45) is 4.99 Å². The van der Waals surface area contributed by atoms with Crippen molar-refractivity contribution in [1.82, 2.24) is 4.98 Å². The average molecular weight is 393 g/mol. The number of para-hydroxylation sites is 2. The van der Waals surface area contributed by atoms with E-state index < -0.39 is 0 Å². The number of nitrogens with zero attached hydrogens (tertiary/aromatic N) is 2. The van der Waals surface area contributed by atoms with Gasteiger partial charge in [0, 0.05) is 21.8 Å². The second-order valence-corrected chi connectivity index (χ2v) is 6.41.